The first kappa shape index (κ1) is 26.8. The van der Waals surface area contributed by atoms with Crippen LogP contribution in [0.4, 0.5) is 0 Å². The topological polar surface area (TPSA) is 132 Å². The summed E-state index contributed by atoms with van der Waals surface area (Å²) in [6.45, 7) is 0.617. The van der Waals surface area contributed by atoms with E-state index in [1.165, 1.54) is 18.8 Å². The van der Waals surface area contributed by atoms with Gasteiger partial charge in [-0.3, -0.25) is 9.59 Å². The standard InChI is InChI=1S/C26H26N4O3S.CH5N/c1-30-12-4-5-19(15-30)21(27)13-22(20-6-2-3-7-23(20)32)29-25(33)24-14-28-26(34-24)18-10-8-17(16-31)9-11-18;1-2/h2-12,14,16,22,26-28,32H,13,15H2,1H3,(H,29,33);2H2,1H3. The Morgan fingerprint density at radius 2 is 2.00 bits per heavy atom. The van der Waals surface area contributed by atoms with Crippen molar-refractivity contribution in [1.29, 1.82) is 5.41 Å². The van der Waals surface area contributed by atoms with Crippen LogP contribution in [0, 0.1) is 5.41 Å². The van der Waals surface area contributed by atoms with Crippen LogP contribution in [0.1, 0.15) is 39.3 Å². The Morgan fingerprint density at radius 1 is 1.28 bits per heavy atom. The quantitative estimate of drug-likeness (QED) is 0.274. The molecule has 2 aliphatic rings. The summed E-state index contributed by atoms with van der Waals surface area (Å²) >= 11 is 1.38. The number of hydrogen-bond donors (Lipinski definition) is 5. The summed E-state index contributed by atoms with van der Waals surface area (Å²) in [6, 6.07) is 13.5. The summed E-state index contributed by atoms with van der Waals surface area (Å²) in [5.74, 6) is -0.199. The van der Waals surface area contributed by atoms with Gasteiger partial charge in [-0.15, -0.1) is 0 Å². The van der Waals surface area contributed by atoms with E-state index in [1.54, 1.807) is 42.6 Å². The molecule has 2 atom stereocenters. The molecule has 0 bridgehead atoms. The van der Waals surface area contributed by atoms with Crippen LogP contribution in [0.15, 0.2) is 83.6 Å². The summed E-state index contributed by atoms with van der Waals surface area (Å²) in [4.78, 5) is 26.5. The molecular weight excluding hydrogens is 474 g/mol. The van der Waals surface area contributed by atoms with E-state index in [2.05, 4.69) is 16.4 Å². The first-order valence-corrected chi connectivity index (χ1v) is 12.3. The number of nitrogens with zero attached hydrogens (tertiary/aromatic N) is 1. The molecule has 0 aliphatic carbocycles. The van der Waals surface area contributed by atoms with Crippen molar-refractivity contribution in [3.05, 3.63) is 100 Å². The Bertz CT molecular complexity index is 1190. The summed E-state index contributed by atoms with van der Waals surface area (Å²) in [5, 5.41) is 25.2. The zero-order valence-corrected chi connectivity index (χ0v) is 21.1. The van der Waals surface area contributed by atoms with Crippen molar-refractivity contribution in [2.75, 3.05) is 20.6 Å². The molecule has 188 valence electrons. The molecule has 0 saturated carbocycles. The minimum atomic E-state index is -0.564. The maximum Gasteiger partial charge on any atom is 0.259 e. The molecule has 2 aromatic rings. The van der Waals surface area contributed by atoms with Gasteiger partial charge in [-0.2, -0.15) is 0 Å². The fourth-order valence-electron chi connectivity index (χ4n) is 3.84. The van der Waals surface area contributed by atoms with Gasteiger partial charge in [0.25, 0.3) is 5.91 Å². The minimum Gasteiger partial charge on any atom is -0.508 e. The zero-order valence-electron chi connectivity index (χ0n) is 20.3. The lowest BCUT2D eigenvalue weighted by atomic mass is 9.95. The molecule has 9 heteroatoms. The highest BCUT2D eigenvalue weighted by Gasteiger charge is 2.27. The van der Waals surface area contributed by atoms with Gasteiger partial charge in [0.15, 0.2) is 0 Å². The smallest absolute Gasteiger partial charge is 0.259 e. The van der Waals surface area contributed by atoms with Crippen molar-refractivity contribution >= 4 is 29.7 Å². The summed E-state index contributed by atoms with van der Waals surface area (Å²) < 4.78 is 0. The second kappa shape index (κ2) is 12.8. The number of allylic oxidation sites excluding steroid dienone is 2. The monoisotopic (exact) mass is 505 g/mol. The van der Waals surface area contributed by atoms with Crippen molar-refractivity contribution in [2.24, 2.45) is 5.73 Å². The molecule has 0 fully saturated rings. The third kappa shape index (κ3) is 6.65. The lowest BCUT2D eigenvalue weighted by Gasteiger charge is -2.24. The van der Waals surface area contributed by atoms with Crippen LogP contribution < -0.4 is 16.4 Å². The number of benzene rings is 2. The lowest BCUT2D eigenvalue weighted by Crippen LogP contribution is -2.31. The summed E-state index contributed by atoms with van der Waals surface area (Å²) in [7, 11) is 3.44. The van der Waals surface area contributed by atoms with E-state index in [0.717, 1.165) is 17.4 Å². The highest BCUT2D eigenvalue weighted by Crippen LogP contribution is 2.38. The molecule has 2 aliphatic heterocycles. The van der Waals surface area contributed by atoms with E-state index < -0.39 is 6.04 Å². The van der Waals surface area contributed by atoms with Crippen LogP contribution in [0.3, 0.4) is 0 Å². The van der Waals surface area contributed by atoms with Gasteiger partial charge in [0, 0.05) is 43.1 Å². The van der Waals surface area contributed by atoms with E-state index in [9.17, 15) is 14.7 Å². The molecule has 1 amide bonds. The number of carbonyl (C=O) groups is 2. The van der Waals surface area contributed by atoms with Gasteiger partial charge in [0.05, 0.1) is 10.9 Å². The summed E-state index contributed by atoms with van der Waals surface area (Å²) in [6.07, 6.45) is 8.47. The SMILES string of the molecule is CN.CN1C=CC=C(C(=N)CC(NC(=O)C2=CNC(c3ccc(C=O)cc3)S2)c2ccccc2O)C1. The average Bonchev–Trinajstić information content (AvgIpc) is 3.40. The van der Waals surface area contributed by atoms with Crippen molar-refractivity contribution in [3.8, 4) is 5.75 Å². The Labute approximate surface area is 215 Å². The third-order valence-electron chi connectivity index (χ3n) is 5.68. The molecule has 2 aromatic carbocycles. The highest BCUT2D eigenvalue weighted by molar-refractivity contribution is 8.04. The third-order valence-corrected chi connectivity index (χ3v) is 6.88. The van der Waals surface area contributed by atoms with E-state index >= 15 is 0 Å². The van der Waals surface area contributed by atoms with E-state index in [0.29, 0.717) is 28.3 Å². The molecule has 2 unspecified atom stereocenters. The number of phenols is 1. The largest absolute Gasteiger partial charge is 0.508 e. The molecule has 0 radical (unpaired) electrons. The number of aromatic hydroxyl groups is 1. The fourth-order valence-corrected chi connectivity index (χ4v) is 4.83. The predicted octanol–water partition coefficient (Wildman–Crippen LogP) is 3.61. The first-order valence-electron chi connectivity index (χ1n) is 11.4. The summed E-state index contributed by atoms with van der Waals surface area (Å²) in [5.41, 5.74) is 7.90. The normalized spacial score (nSPS) is 17.1. The average molecular weight is 506 g/mol. The van der Waals surface area contributed by atoms with Crippen LogP contribution in [0.25, 0.3) is 0 Å². The molecule has 2 heterocycles. The Hall–Kier alpha value is -3.82. The molecule has 0 spiro atoms. The fraction of sp³-hybridized carbons (Fsp3) is 0.222. The van der Waals surface area contributed by atoms with Crippen molar-refractivity contribution < 1.29 is 14.7 Å². The maximum absolute atomic E-state index is 13.2. The molecule has 6 N–H and O–H groups in total. The maximum atomic E-state index is 13.2. The van der Waals surface area contributed by atoms with E-state index in [-0.39, 0.29) is 23.5 Å². The number of thioether (sulfide) groups is 1. The number of nitrogens with two attached hydrogens (primary N) is 1. The van der Waals surface area contributed by atoms with Gasteiger partial charge in [-0.25, -0.2) is 0 Å². The van der Waals surface area contributed by atoms with E-state index in [4.69, 9.17) is 5.41 Å². The number of hydrogen-bond acceptors (Lipinski definition) is 8. The van der Waals surface area contributed by atoms with Gasteiger partial charge in [0.2, 0.25) is 0 Å². The Kier molecular flexibility index (Phi) is 9.49. The first-order chi connectivity index (χ1) is 17.4. The Morgan fingerprint density at radius 3 is 2.67 bits per heavy atom. The number of para-hydroxylation sites is 1. The number of nitrogens with one attached hydrogen (secondary N) is 3. The van der Waals surface area contributed by atoms with Gasteiger partial charge in [-0.1, -0.05) is 60.3 Å². The van der Waals surface area contributed by atoms with Gasteiger partial charge in [0.1, 0.15) is 17.4 Å². The number of rotatable bonds is 8. The minimum absolute atomic E-state index is 0.0783. The molecule has 4 rings (SSSR count). The number of aldehydes is 1. The molecular formula is C27H31N5O3S. The van der Waals surface area contributed by atoms with Crippen molar-refractivity contribution in [2.45, 2.75) is 17.8 Å². The number of amides is 1. The van der Waals surface area contributed by atoms with Crippen LogP contribution in [0.2, 0.25) is 0 Å². The molecule has 0 aromatic heterocycles. The van der Waals surface area contributed by atoms with Gasteiger partial charge in [-0.05, 0) is 36.5 Å². The Balaban J connectivity index is 0.00000176. The molecule has 36 heavy (non-hydrogen) atoms. The molecule has 8 nitrogen and oxygen atoms in total. The van der Waals surface area contributed by atoms with Crippen LogP contribution in [0.5, 0.6) is 5.75 Å². The predicted molar refractivity (Wildman–Crippen MR) is 145 cm³/mol. The second-order valence-corrected chi connectivity index (χ2v) is 9.32. The zero-order chi connectivity index (χ0) is 26.1. The van der Waals surface area contributed by atoms with Gasteiger partial charge < -0.3 is 31.8 Å². The van der Waals surface area contributed by atoms with Crippen LogP contribution in [-0.2, 0) is 4.79 Å². The van der Waals surface area contributed by atoms with Crippen molar-refractivity contribution in [3.63, 3.8) is 0 Å². The molecule has 0 saturated heterocycles. The van der Waals surface area contributed by atoms with Crippen molar-refractivity contribution in [1.82, 2.24) is 15.5 Å². The van der Waals surface area contributed by atoms with Crippen LogP contribution in [-0.4, -0.2) is 48.6 Å². The van der Waals surface area contributed by atoms with E-state index in [1.807, 2.05) is 42.4 Å². The highest BCUT2D eigenvalue weighted by atomic mass is 32.2. The lowest BCUT2D eigenvalue weighted by molar-refractivity contribution is -0.117. The van der Waals surface area contributed by atoms with Crippen LogP contribution >= 0.6 is 11.8 Å². The number of phenolic OH excluding ortho intramolecular Hbond substituents is 1. The second-order valence-electron chi connectivity index (χ2n) is 8.17. The van der Waals surface area contributed by atoms with Gasteiger partial charge >= 0.3 is 0 Å². The number of likely N-dealkylation sites (N-methyl/N-ethyl adjacent to an activating group) is 1. The number of carbonyl (C=O) groups excluding carboxylic acids is 2.